The van der Waals surface area contributed by atoms with E-state index >= 15 is 0 Å². The van der Waals surface area contributed by atoms with Gasteiger partial charge >= 0.3 is 0 Å². The molecule has 5 nitrogen and oxygen atoms in total. The fraction of sp³-hybridized carbons (Fsp3) is 0.412. The summed E-state index contributed by atoms with van der Waals surface area (Å²) in [5, 5.41) is 16.6. The van der Waals surface area contributed by atoms with Gasteiger partial charge in [-0.1, -0.05) is 13.8 Å². The van der Waals surface area contributed by atoms with Crippen molar-refractivity contribution in [3.05, 3.63) is 41.6 Å². The van der Waals surface area contributed by atoms with E-state index in [9.17, 15) is 18.7 Å². The molecule has 24 heavy (non-hydrogen) atoms. The number of nitrogens with one attached hydrogen (secondary N) is 1. The molecule has 0 saturated carbocycles. The first-order chi connectivity index (χ1) is 11.3. The maximum atomic E-state index is 14.0. The van der Waals surface area contributed by atoms with Crippen molar-refractivity contribution in [2.45, 2.75) is 26.4 Å². The molecule has 0 radical (unpaired) electrons. The van der Waals surface area contributed by atoms with E-state index in [0.717, 1.165) is 12.1 Å². The molecule has 1 aromatic carbocycles. The van der Waals surface area contributed by atoms with Gasteiger partial charge in [0, 0.05) is 31.4 Å². The van der Waals surface area contributed by atoms with Crippen LogP contribution in [-0.2, 0) is 7.05 Å². The number of carbonyl (C=O) groups excluding carboxylic acids is 1. The van der Waals surface area contributed by atoms with Crippen molar-refractivity contribution in [2.24, 2.45) is 13.0 Å². The Morgan fingerprint density at radius 1 is 1.38 bits per heavy atom. The molecule has 0 bridgehead atoms. The maximum absolute atomic E-state index is 14.0. The molecule has 130 valence electrons. The Balaban J connectivity index is 2.20. The third kappa shape index (κ3) is 4.38. The summed E-state index contributed by atoms with van der Waals surface area (Å²) in [6.45, 7) is 4.04. The molecule has 0 aliphatic heterocycles. The lowest BCUT2D eigenvalue weighted by atomic mass is 10.1. The molecule has 7 heteroatoms. The van der Waals surface area contributed by atoms with Crippen molar-refractivity contribution in [1.82, 2.24) is 15.1 Å². The zero-order valence-electron chi connectivity index (χ0n) is 13.9. The minimum atomic E-state index is -0.789. The van der Waals surface area contributed by atoms with Gasteiger partial charge in [-0.2, -0.15) is 5.10 Å². The standard InChI is InChI=1S/C17H21F2N3O2/c1-10(2)6-12(23)8-20-17(24)14-9-22(3)21-16(14)13-5-4-11(18)7-15(13)19/h4-5,7,9-10,12,23H,6,8H2,1-3H3,(H,20,24). The Morgan fingerprint density at radius 2 is 2.08 bits per heavy atom. The van der Waals surface area contributed by atoms with Crippen molar-refractivity contribution < 1.29 is 18.7 Å². The van der Waals surface area contributed by atoms with Crippen LogP contribution in [0.2, 0.25) is 0 Å². The number of aryl methyl sites for hydroxylation is 1. The number of aliphatic hydroxyl groups is 1. The monoisotopic (exact) mass is 337 g/mol. The van der Waals surface area contributed by atoms with Gasteiger partial charge in [0.25, 0.3) is 5.91 Å². The van der Waals surface area contributed by atoms with Crippen molar-refractivity contribution in [2.75, 3.05) is 6.54 Å². The minimum Gasteiger partial charge on any atom is -0.391 e. The SMILES string of the molecule is CC(C)CC(O)CNC(=O)c1cn(C)nc1-c1ccc(F)cc1F. The zero-order valence-corrected chi connectivity index (χ0v) is 13.9. The van der Waals surface area contributed by atoms with E-state index in [2.05, 4.69) is 10.4 Å². The van der Waals surface area contributed by atoms with Gasteiger partial charge in [0.15, 0.2) is 0 Å². The first-order valence-corrected chi connectivity index (χ1v) is 7.73. The van der Waals surface area contributed by atoms with Gasteiger partial charge in [-0.05, 0) is 24.5 Å². The number of carbonyl (C=O) groups is 1. The van der Waals surface area contributed by atoms with Crippen LogP contribution in [-0.4, -0.2) is 33.4 Å². The van der Waals surface area contributed by atoms with Crippen LogP contribution in [0.15, 0.2) is 24.4 Å². The summed E-state index contributed by atoms with van der Waals surface area (Å²) in [5.41, 5.74) is 0.343. The number of hydrogen-bond donors (Lipinski definition) is 2. The third-order valence-electron chi connectivity index (χ3n) is 3.50. The quantitative estimate of drug-likeness (QED) is 0.851. The molecule has 0 spiro atoms. The van der Waals surface area contributed by atoms with Crippen LogP contribution in [0.1, 0.15) is 30.6 Å². The van der Waals surface area contributed by atoms with Gasteiger partial charge in [-0.3, -0.25) is 9.48 Å². The molecule has 1 aromatic heterocycles. The van der Waals surface area contributed by atoms with Gasteiger partial charge in [-0.25, -0.2) is 8.78 Å². The summed E-state index contributed by atoms with van der Waals surface area (Å²) in [6.07, 6.45) is 1.37. The van der Waals surface area contributed by atoms with Gasteiger partial charge in [0.1, 0.15) is 17.3 Å². The van der Waals surface area contributed by atoms with Crippen LogP contribution in [0, 0.1) is 17.6 Å². The smallest absolute Gasteiger partial charge is 0.255 e. The molecule has 2 aromatic rings. The van der Waals surface area contributed by atoms with E-state index < -0.39 is 23.6 Å². The van der Waals surface area contributed by atoms with Crippen molar-refractivity contribution in [3.63, 3.8) is 0 Å². The summed E-state index contributed by atoms with van der Waals surface area (Å²) < 4.78 is 28.4. The fourth-order valence-corrected chi connectivity index (χ4v) is 2.47. The van der Waals surface area contributed by atoms with Crippen LogP contribution in [0.25, 0.3) is 11.3 Å². The Bertz CT molecular complexity index is 729. The maximum Gasteiger partial charge on any atom is 0.255 e. The van der Waals surface area contributed by atoms with E-state index in [1.807, 2.05) is 13.8 Å². The Kier molecular flexibility index (Phi) is 5.66. The second kappa shape index (κ2) is 7.53. The highest BCUT2D eigenvalue weighted by molar-refractivity contribution is 5.99. The number of aromatic nitrogens is 2. The van der Waals surface area contributed by atoms with Crippen LogP contribution in [0.3, 0.4) is 0 Å². The molecule has 0 saturated heterocycles. The highest BCUT2D eigenvalue weighted by Gasteiger charge is 2.20. The van der Waals surface area contributed by atoms with Crippen LogP contribution in [0.4, 0.5) is 8.78 Å². The van der Waals surface area contributed by atoms with Crippen molar-refractivity contribution in [1.29, 1.82) is 0 Å². The van der Waals surface area contributed by atoms with Gasteiger partial charge in [-0.15, -0.1) is 0 Å². The molecule has 2 N–H and O–H groups in total. The number of hydrogen-bond acceptors (Lipinski definition) is 3. The zero-order chi connectivity index (χ0) is 17.9. The van der Waals surface area contributed by atoms with Gasteiger partial charge in [0.05, 0.1) is 11.7 Å². The van der Waals surface area contributed by atoms with E-state index in [1.54, 1.807) is 7.05 Å². The van der Waals surface area contributed by atoms with E-state index in [-0.39, 0.29) is 23.4 Å². The number of rotatable bonds is 6. The molecular weight excluding hydrogens is 316 g/mol. The second-order valence-corrected chi connectivity index (χ2v) is 6.18. The Hall–Kier alpha value is -2.28. The molecular formula is C17H21F2N3O2. The predicted octanol–water partition coefficient (Wildman–Crippen LogP) is 2.50. The van der Waals surface area contributed by atoms with Crippen molar-refractivity contribution >= 4 is 5.91 Å². The summed E-state index contributed by atoms with van der Waals surface area (Å²) in [7, 11) is 1.61. The van der Waals surface area contributed by atoms with Crippen molar-refractivity contribution in [3.8, 4) is 11.3 Å². The Morgan fingerprint density at radius 3 is 2.71 bits per heavy atom. The number of nitrogens with zero attached hydrogens (tertiary/aromatic N) is 2. The predicted molar refractivity (Wildman–Crippen MR) is 86.4 cm³/mol. The number of amides is 1. The normalized spacial score (nSPS) is 12.5. The first kappa shape index (κ1) is 18.1. The lowest BCUT2D eigenvalue weighted by Crippen LogP contribution is -2.32. The third-order valence-corrected chi connectivity index (χ3v) is 3.50. The van der Waals surface area contributed by atoms with E-state index in [1.165, 1.54) is 16.9 Å². The number of benzene rings is 1. The highest BCUT2D eigenvalue weighted by Crippen LogP contribution is 2.25. The largest absolute Gasteiger partial charge is 0.391 e. The molecule has 1 unspecified atom stereocenters. The summed E-state index contributed by atoms with van der Waals surface area (Å²) in [4.78, 5) is 12.3. The van der Waals surface area contributed by atoms with E-state index in [4.69, 9.17) is 0 Å². The highest BCUT2D eigenvalue weighted by atomic mass is 19.1. The first-order valence-electron chi connectivity index (χ1n) is 7.73. The molecule has 0 fully saturated rings. The Labute approximate surface area is 139 Å². The number of aliphatic hydroxyl groups excluding tert-OH is 1. The second-order valence-electron chi connectivity index (χ2n) is 6.18. The average molecular weight is 337 g/mol. The molecule has 2 rings (SSSR count). The molecule has 0 aliphatic carbocycles. The topological polar surface area (TPSA) is 67.2 Å². The summed E-state index contributed by atoms with van der Waals surface area (Å²) in [5.74, 6) is -1.65. The molecule has 1 atom stereocenters. The van der Waals surface area contributed by atoms with Gasteiger partial charge < -0.3 is 10.4 Å². The molecule has 0 aliphatic rings. The average Bonchev–Trinajstić information content (AvgIpc) is 2.86. The van der Waals surface area contributed by atoms with Crippen LogP contribution >= 0.6 is 0 Å². The summed E-state index contributed by atoms with van der Waals surface area (Å²) in [6, 6.07) is 3.11. The van der Waals surface area contributed by atoms with Gasteiger partial charge in [0.2, 0.25) is 0 Å². The lowest BCUT2D eigenvalue weighted by molar-refractivity contribution is 0.0901. The van der Waals surface area contributed by atoms with Crippen LogP contribution in [0.5, 0.6) is 0 Å². The van der Waals surface area contributed by atoms with Crippen LogP contribution < -0.4 is 5.32 Å². The van der Waals surface area contributed by atoms with E-state index in [0.29, 0.717) is 12.3 Å². The number of halogens is 2. The lowest BCUT2D eigenvalue weighted by Gasteiger charge is -2.13. The fourth-order valence-electron chi connectivity index (χ4n) is 2.47. The minimum absolute atomic E-state index is 0.0462. The molecule has 1 amide bonds. The summed E-state index contributed by atoms with van der Waals surface area (Å²) >= 11 is 0. The molecule has 1 heterocycles.